The average molecular weight is 222 g/mol. The van der Waals surface area contributed by atoms with Crippen LogP contribution >= 0.6 is 11.6 Å². The number of nitrogen functional groups attached to an aromatic ring is 1. The Hall–Kier alpha value is -1.98. The molecule has 0 aromatic carbocycles. The van der Waals surface area contributed by atoms with Gasteiger partial charge in [-0.3, -0.25) is 0 Å². The van der Waals surface area contributed by atoms with Crippen LogP contribution in [0.2, 0.25) is 5.02 Å². The van der Waals surface area contributed by atoms with Gasteiger partial charge in [0.1, 0.15) is 13.1 Å². The first kappa shape index (κ1) is 11.1. The van der Waals surface area contributed by atoms with Gasteiger partial charge in [0.2, 0.25) is 0 Å². The van der Waals surface area contributed by atoms with Gasteiger partial charge < -0.3 is 10.6 Å². The molecule has 0 atom stereocenters. The van der Waals surface area contributed by atoms with Crippen molar-refractivity contribution in [3.05, 3.63) is 17.3 Å². The number of nitrogens with zero attached hydrogens (tertiary/aromatic N) is 4. The van der Waals surface area contributed by atoms with Gasteiger partial charge in [-0.05, 0) is 6.07 Å². The van der Waals surface area contributed by atoms with Crippen molar-refractivity contribution in [1.29, 1.82) is 10.5 Å². The minimum atomic E-state index is 0.0619. The third kappa shape index (κ3) is 2.73. The molecule has 0 radical (unpaired) electrons. The third-order valence-corrected chi connectivity index (χ3v) is 1.89. The maximum atomic E-state index is 8.57. The van der Waals surface area contributed by atoms with Crippen molar-refractivity contribution in [3.63, 3.8) is 0 Å². The number of halogens is 1. The van der Waals surface area contributed by atoms with Gasteiger partial charge in [-0.25, -0.2) is 4.98 Å². The lowest BCUT2D eigenvalue weighted by atomic mass is 10.3. The summed E-state index contributed by atoms with van der Waals surface area (Å²) in [6.07, 6.45) is 1.43. The normalized spacial score (nSPS) is 9.00. The number of anilines is 2. The van der Waals surface area contributed by atoms with Crippen molar-refractivity contribution >= 4 is 23.1 Å². The predicted molar refractivity (Wildman–Crippen MR) is 57.1 cm³/mol. The molecule has 6 heteroatoms. The Morgan fingerprint density at radius 1 is 1.40 bits per heavy atom. The van der Waals surface area contributed by atoms with Crippen LogP contribution in [0.1, 0.15) is 0 Å². The minimum absolute atomic E-state index is 0.0619. The minimum Gasteiger partial charge on any atom is -0.396 e. The van der Waals surface area contributed by atoms with E-state index in [-0.39, 0.29) is 13.1 Å². The Bertz CT molecular complexity index is 415. The van der Waals surface area contributed by atoms with E-state index in [0.29, 0.717) is 16.5 Å². The first-order valence-corrected chi connectivity index (χ1v) is 4.46. The molecule has 0 aliphatic carbocycles. The summed E-state index contributed by atoms with van der Waals surface area (Å²) in [7, 11) is 0. The highest BCUT2D eigenvalue weighted by atomic mass is 35.5. The third-order valence-electron chi connectivity index (χ3n) is 1.68. The maximum absolute atomic E-state index is 8.57. The molecule has 0 fully saturated rings. The van der Waals surface area contributed by atoms with E-state index in [4.69, 9.17) is 27.9 Å². The van der Waals surface area contributed by atoms with E-state index in [1.807, 2.05) is 12.1 Å². The molecule has 5 nitrogen and oxygen atoms in total. The summed E-state index contributed by atoms with van der Waals surface area (Å²) in [6.45, 7) is 0.124. The molecule has 15 heavy (non-hydrogen) atoms. The highest BCUT2D eigenvalue weighted by molar-refractivity contribution is 6.30. The molecular weight excluding hydrogens is 214 g/mol. The molecule has 0 amide bonds. The van der Waals surface area contributed by atoms with Crippen molar-refractivity contribution < 1.29 is 0 Å². The van der Waals surface area contributed by atoms with Crippen molar-refractivity contribution in [3.8, 4) is 12.1 Å². The van der Waals surface area contributed by atoms with E-state index < -0.39 is 0 Å². The number of nitrogens with two attached hydrogens (primary N) is 1. The molecule has 1 heterocycles. The van der Waals surface area contributed by atoms with Gasteiger partial charge in [0.05, 0.1) is 22.8 Å². The fourth-order valence-electron chi connectivity index (χ4n) is 1.09. The van der Waals surface area contributed by atoms with Crippen LogP contribution in [0.3, 0.4) is 0 Å². The van der Waals surface area contributed by atoms with Gasteiger partial charge >= 0.3 is 0 Å². The van der Waals surface area contributed by atoms with Crippen LogP contribution < -0.4 is 10.6 Å². The molecule has 76 valence electrons. The Labute approximate surface area is 92.3 Å². The zero-order valence-corrected chi connectivity index (χ0v) is 8.57. The van der Waals surface area contributed by atoms with Gasteiger partial charge in [-0.2, -0.15) is 10.5 Å². The molecule has 0 unspecified atom stereocenters. The van der Waals surface area contributed by atoms with Gasteiger partial charge in [-0.15, -0.1) is 0 Å². The van der Waals surface area contributed by atoms with E-state index in [1.165, 1.54) is 17.2 Å². The molecule has 0 bridgehead atoms. The van der Waals surface area contributed by atoms with E-state index in [1.54, 1.807) is 0 Å². The fraction of sp³-hybridized carbons (Fsp3) is 0.222. The predicted octanol–water partition coefficient (Wildman–Crippen LogP) is 1.17. The van der Waals surface area contributed by atoms with Crippen molar-refractivity contribution in [1.82, 2.24) is 4.98 Å². The van der Waals surface area contributed by atoms with Crippen LogP contribution in [-0.2, 0) is 0 Å². The van der Waals surface area contributed by atoms with Crippen LogP contribution in [0.25, 0.3) is 0 Å². The molecule has 0 spiro atoms. The summed E-state index contributed by atoms with van der Waals surface area (Å²) in [5, 5.41) is 17.6. The monoisotopic (exact) mass is 221 g/mol. The Balaban J connectivity index is 3.02. The molecule has 1 aromatic heterocycles. The van der Waals surface area contributed by atoms with Crippen molar-refractivity contribution in [2.45, 2.75) is 0 Å². The summed E-state index contributed by atoms with van der Waals surface area (Å²) in [4.78, 5) is 5.46. The highest BCUT2D eigenvalue weighted by Gasteiger charge is 2.10. The van der Waals surface area contributed by atoms with E-state index in [2.05, 4.69) is 4.98 Å². The van der Waals surface area contributed by atoms with E-state index in [0.717, 1.165) is 0 Å². The summed E-state index contributed by atoms with van der Waals surface area (Å²) in [5.41, 5.74) is 6.03. The molecule has 0 aliphatic heterocycles. The number of rotatable bonds is 3. The van der Waals surface area contributed by atoms with Gasteiger partial charge in [-0.1, -0.05) is 11.6 Å². The van der Waals surface area contributed by atoms with Crippen LogP contribution in [0, 0.1) is 22.7 Å². The maximum Gasteiger partial charge on any atom is 0.153 e. The second-order valence-corrected chi connectivity index (χ2v) is 3.18. The first-order valence-electron chi connectivity index (χ1n) is 4.09. The smallest absolute Gasteiger partial charge is 0.153 e. The highest BCUT2D eigenvalue weighted by Crippen LogP contribution is 2.22. The van der Waals surface area contributed by atoms with Crippen LogP contribution in [-0.4, -0.2) is 18.1 Å². The summed E-state index contributed by atoms with van der Waals surface area (Å²) in [5.74, 6) is 0.405. The molecule has 0 aliphatic rings. The lowest BCUT2D eigenvalue weighted by Gasteiger charge is -2.18. The topological polar surface area (TPSA) is 89.7 Å². The van der Waals surface area contributed by atoms with Crippen LogP contribution in [0.4, 0.5) is 11.5 Å². The van der Waals surface area contributed by atoms with Gasteiger partial charge in [0, 0.05) is 6.20 Å². The summed E-state index contributed by atoms with van der Waals surface area (Å²) >= 11 is 5.68. The lowest BCUT2D eigenvalue weighted by molar-refractivity contribution is 0.938. The Kier molecular flexibility index (Phi) is 3.73. The van der Waals surface area contributed by atoms with E-state index in [9.17, 15) is 0 Å². The largest absolute Gasteiger partial charge is 0.396 e. The van der Waals surface area contributed by atoms with Gasteiger partial charge in [0.15, 0.2) is 5.82 Å². The zero-order valence-electron chi connectivity index (χ0n) is 7.81. The molecule has 0 saturated heterocycles. The standard InChI is InChI=1S/C9H8ClN5/c10-7-5-8(13)9(14-6-7)15(3-1-11)4-2-12/h5-6H,3-4,13H2. The number of hydrogen-bond acceptors (Lipinski definition) is 5. The van der Waals surface area contributed by atoms with Gasteiger partial charge in [0.25, 0.3) is 0 Å². The molecule has 0 saturated carbocycles. The molecule has 1 rings (SSSR count). The molecular formula is C9H8ClN5. The lowest BCUT2D eigenvalue weighted by Crippen LogP contribution is -2.25. The quantitative estimate of drug-likeness (QED) is 0.774. The second kappa shape index (κ2) is 5.04. The van der Waals surface area contributed by atoms with Crippen LogP contribution in [0.5, 0.6) is 0 Å². The van der Waals surface area contributed by atoms with Crippen LogP contribution in [0.15, 0.2) is 12.3 Å². The first-order chi connectivity index (χ1) is 7.19. The Morgan fingerprint density at radius 2 is 2.00 bits per heavy atom. The van der Waals surface area contributed by atoms with Crippen molar-refractivity contribution in [2.24, 2.45) is 0 Å². The Morgan fingerprint density at radius 3 is 2.47 bits per heavy atom. The average Bonchev–Trinajstić information content (AvgIpc) is 2.17. The zero-order chi connectivity index (χ0) is 11.3. The number of nitriles is 2. The fourth-order valence-corrected chi connectivity index (χ4v) is 1.25. The number of hydrogen-bond donors (Lipinski definition) is 1. The van der Waals surface area contributed by atoms with E-state index >= 15 is 0 Å². The number of pyridine rings is 1. The van der Waals surface area contributed by atoms with Crippen molar-refractivity contribution in [2.75, 3.05) is 23.7 Å². The molecule has 1 aromatic rings. The summed E-state index contributed by atoms with van der Waals surface area (Å²) in [6, 6.07) is 5.41. The SMILES string of the molecule is N#CCN(CC#N)c1ncc(Cl)cc1N. The summed E-state index contributed by atoms with van der Waals surface area (Å²) < 4.78 is 0. The number of aromatic nitrogens is 1. The second-order valence-electron chi connectivity index (χ2n) is 2.74. The molecule has 2 N–H and O–H groups in total.